The first-order chi connectivity index (χ1) is 7.98. The predicted molar refractivity (Wildman–Crippen MR) is 73.1 cm³/mol. The van der Waals surface area contributed by atoms with Crippen molar-refractivity contribution >= 4 is 21.6 Å². The van der Waals surface area contributed by atoms with Crippen LogP contribution in [0.5, 0.6) is 0 Å². The molecule has 100 valence electrons. The molecule has 2 rings (SSSR count). The molecule has 3 unspecified atom stereocenters. The molecule has 0 saturated carbocycles. The number of thioether (sulfide) groups is 1. The maximum atomic E-state index is 11.8. The molecule has 0 aromatic carbocycles. The van der Waals surface area contributed by atoms with Gasteiger partial charge in [-0.15, -0.1) is 0 Å². The molecule has 2 aliphatic heterocycles. The Balaban J connectivity index is 2.01. The predicted octanol–water partition coefficient (Wildman–Crippen LogP) is 0.404. The highest BCUT2D eigenvalue weighted by Gasteiger charge is 2.34. The molecular formula is C11H22N2O2S2. The number of sulfone groups is 1. The zero-order chi connectivity index (χ0) is 12.5. The Morgan fingerprint density at radius 2 is 2.24 bits per heavy atom. The van der Waals surface area contributed by atoms with Crippen molar-refractivity contribution in [2.24, 2.45) is 5.92 Å². The van der Waals surface area contributed by atoms with E-state index in [9.17, 15) is 8.42 Å². The van der Waals surface area contributed by atoms with Crippen LogP contribution in [0.15, 0.2) is 0 Å². The highest BCUT2D eigenvalue weighted by molar-refractivity contribution is 8.00. The first-order valence-corrected chi connectivity index (χ1v) is 9.33. The lowest BCUT2D eigenvalue weighted by molar-refractivity contribution is 0.230. The summed E-state index contributed by atoms with van der Waals surface area (Å²) in [6, 6.07) is 0.461. The van der Waals surface area contributed by atoms with E-state index in [4.69, 9.17) is 0 Å². The molecule has 4 nitrogen and oxygen atoms in total. The van der Waals surface area contributed by atoms with Gasteiger partial charge in [-0.3, -0.25) is 4.90 Å². The molecule has 2 saturated heterocycles. The Kier molecular flexibility index (Phi) is 4.39. The van der Waals surface area contributed by atoms with Gasteiger partial charge >= 0.3 is 0 Å². The number of nitrogens with one attached hydrogen (secondary N) is 1. The molecule has 0 aliphatic carbocycles. The molecule has 2 aliphatic rings. The molecule has 17 heavy (non-hydrogen) atoms. The average molecular weight is 278 g/mol. The van der Waals surface area contributed by atoms with Gasteiger partial charge in [-0.2, -0.15) is 11.8 Å². The van der Waals surface area contributed by atoms with Gasteiger partial charge in [-0.25, -0.2) is 8.42 Å². The fourth-order valence-corrected chi connectivity index (χ4v) is 5.57. The average Bonchev–Trinajstić information content (AvgIpc) is 2.64. The van der Waals surface area contributed by atoms with Gasteiger partial charge in [0.1, 0.15) is 5.37 Å². The van der Waals surface area contributed by atoms with E-state index < -0.39 is 9.84 Å². The van der Waals surface area contributed by atoms with Crippen LogP contribution in [-0.4, -0.2) is 62.1 Å². The van der Waals surface area contributed by atoms with Crippen molar-refractivity contribution in [1.29, 1.82) is 0 Å². The number of nitrogens with zero attached hydrogens (tertiary/aromatic N) is 1. The summed E-state index contributed by atoms with van der Waals surface area (Å²) in [6.07, 6.45) is 2.57. The minimum atomic E-state index is -2.96. The lowest BCUT2D eigenvalue weighted by Crippen LogP contribution is -2.51. The topological polar surface area (TPSA) is 49.4 Å². The van der Waals surface area contributed by atoms with Crippen LogP contribution in [0.1, 0.15) is 13.3 Å². The molecule has 0 amide bonds. The van der Waals surface area contributed by atoms with Crippen LogP contribution in [-0.2, 0) is 9.84 Å². The second kappa shape index (κ2) is 5.47. The first-order valence-electron chi connectivity index (χ1n) is 6.22. The second-order valence-electron chi connectivity index (χ2n) is 5.18. The molecule has 0 aromatic rings. The maximum absolute atomic E-state index is 11.8. The van der Waals surface area contributed by atoms with Gasteiger partial charge in [-0.1, -0.05) is 6.92 Å². The smallest absolute Gasteiger partial charge is 0.164 e. The number of hydrogen-bond acceptors (Lipinski definition) is 5. The third kappa shape index (κ3) is 3.36. The molecule has 1 N–H and O–H groups in total. The second-order valence-corrected chi connectivity index (χ2v) is 8.53. The Morgan fingerprint density at radius 3 is 2.82 bits per heavy atom. The van der Waals surface area contributed by atoms with E-state index in [1.807, 2.05) is 0 Å². The van der Waals surface area contributed by atoms with Crippen LogP contribution in [0, 0.1) is 5.92 Å². The minimum Gasteiger partial charge on any atom is -0.312 e. The van der Waals surface area contributed by atoms with E-state index in [1.165, 1.54) is 12.7 Å². The zero-order valence-electron chi connectivity index (χ0n) is 10.6. The highest BCUT2D eigenvalue weighted by atomic mass is 32.2. The minimum absolute atomic E-state index is 0.282. The SMILES string of the molecule is CC1CCNC1CN1CCSCC1S(C)(=O)=O. The van der Waals surface area contributed by atoms with Gasteiger partial charge in [0.15, 0.2) is 9.84 Å². The zero-order valence-corrected chi connectivity index (χ0v) is 12.2. The van der Waals surface area contributed by atoms with Gasteiger partial charge in [-0.05, 0) is 18.9 Å². The Morgan fingerprint density at radius 1 is 1.47 bits per heavy atom. The molecule has 0 aromatic heterocycles. The van der Waals surface area contributed by atoms with Crippen molar-refractivity contribution in [3.63, 3.8) is 0 Å². The summed E-state index contributed by atoms with van der Waals surface area (Å²) in [5.41, 5.74) is 0. The van der Waals surface area contributed by atoms with Gasteiger partial charge in [0.2, 0.25) is 0 Å². The van der Waals surface area contributed by atoms with Crippen molar-refractivity contribution in [2.45, 2.75) is 24.8 Å². The standard InChI is InChI=1S/C11H22N2O2S2/c1-9-3-4-12-10(9)7-13-5-6-16-8-11(13)17(2,14)15/h9-12H,3-8H2,1-2H3. The molecule has 2 fully saturated rings. The van der Waals surface area contributed by atoms with Crippen LogP contribution >= 0.6 is 11.8 Å². The number of hydrogen-bond donors (Lipinski definition) is 1. The van der Waals surface area contributed by atoms with Crippen molar-refractivity contribution < 1.29 is 8.42 Å². The molecule has 3 atom stereocenters. The maximum Gasteiger partial charge on any atom is 0.164 e. The molecule has 2 heterocycles. The third-order valence-electron chi connectivity index (χ3n) is 3.81. The van der Waals surface area contributed by atoms with Gasteiger partial charge < -0.3 is 5.32 Å². The molecule has 6 heteroatoms. The lowest BCUT2D eigenvalue weighted by atomic mass is 10.0. The van der Waals surface area contributed by atoms with Crippen molar-refractivity contribution in [2.75, 3.05) is 37.4 Å². The summed E-state index contributed by atoms with van der Waals surface area (Å²) in [6.45, 7) is 5.09. The van der Waals surface area contributed by atoms with E-state index in [0.29, 0.717) is 12.0 Å². The van der Waals surface area contributed by atoms with Crippen LogP contribution in [0.4, 0.5) is 0 Å². The summed E-state index contributed by atoms with van der Waals surface area (Å²) in [5.74, 6) is 2.43. The van der Waals surface area contributed by atoms with Crippen molar-refractivity contribution in [3.05, 3.63) is 0 Å². The Labute approximate surface area is 108 Å². The summed E-state index contributed by atoms with van der Waals surface area (Å²) < 4.78 is 23.6. The molecular weight excluding hydrogens is 256 g/mol. The molecule has 0 radical (unpaired) electrons. The summed E-state index contributed by atoms with van der Waals surface area (Å²) >= 11 is 1.75. The fourth-order valence-electron chi connectivity index (χ4n) is 2.61. The molecule has 0 spiro atoms. The van der Waals surface area contributed by atoms with Crippen molar-refractivity contribution in [3.8, 4) is 0 Å². The van der Waals surface area contributed by atoms with Gasteiger partial charge in [0.05, 0.1) is 0 Å². The van der Waals surface area contributed by atoms with E-state index in [-0.39, 0.29) is 5.37 Å². The van der Waals surface area contributed by atoms with E-state index in [2.05, 4.69) is 17.1 Å². The highest BCUT2D eigenvalue weighted by Crippen LogP contribution is 2.23. The fraction of sp³-hybridized carbons (Fsp3) is 1.00. The summed E-state index contributed by atoms with van der Waals surface area (Å²) in [4.78, 5) is 2.16. The third-order valence-corrected chi connectivity index (χ3v) is 6.50. The Hall–Kier alpha value is 0.220. The normalized spacial score (nSPS) is 36.2. The quantitative estimate of drug-likeness (QED) is 0.810. The molecule has 0 bridgehead atoms. The van der Waals surface area contributed by atoms with Gasteiger partial charge in [0.25, 0.3) is 0 Å². The van der Waals surface area contributed by atoms with Crippen molar-refractivity contribution in [1.82, 2.24) is 10.2 Å². The van der Waals surface area contributed by atoms with Crippen LogP contribution in [0.2, 0.25) is 0 Å². The van der Waals surface area contributed by atoms with Crippen LogP contribution in [0.25, 0.3) is 0 Å². The summed E-state index contributed by atoms with van der Waals surface area (Å²) in [7, 11) is -2.96. The Bertz CT molecular complexity index is 358. The van der Waals surface area contributed by atoms with Crippen LogP contribution < -0.4 is 5.32 Å². The van der Waals surface area contributed by atoms with E-state index >= 15 is 0 Å². The van der Waals surface area contributed by atoms with Crippen LogP contribution in [0.3, 0.4) is 0 Å². The first kappa shape index (κ1) is 13.6. The lowest BCUT2D eigenvalue weighted by Gasteiger charge is -2.36. The van der Waals surface area contributed by atoms with Gasteiger partial charge in [0, 0.05) is 36.9 Å². The largest absolute Gasteiger partial charge is 0.312 e. The van der Waals surface area contributed by atoms with E-state index in [1.54, 1.807) is 11.8 Å². The monoisotopic (exact) mass is 278 g/mol. The number of rotatable bonds is 3. The summed E-state index contributed by atoms with van der Waals surface area (Å²) in [5, 5.41) is 3.20. The van der Waals surface area contributed by atoms with E-state index in [0.717, 1.165) is 31.1 Å².